The monoisotopic (exact) mass is 618 g/mol. The lowest BCUT2D eigenvalue weighted by molar-refractivity contribution is 0.669. The van der Waals surface area contributed by atoms with Gasteiger partial charge in [0.25, 0.3) is 0 Å². The standard InChI is InChI=1S/C43H26N2OS/c1-2-11-27(12-3-1)43-33-23-24-38-42(32-15-4-7-18-37(32)46-38)41(33)31-22-21-29(26-34(31)44-43)28-13-10-14-30(25-28)45-35-16-5-8-19-39(35)47-40-20-9-6-17-36(40)45/h1-26H. The lowest BCUT2D eigenvalue weighted by Gasteiger charge is -2.33. The van der Waals surface area contributed by atoms with E-state index in [1.807, 2.05) is 23.9 Å². The summed E-state index contributed by atoms with van der Waals surface area (Å²) in [6.07, 6.45) is 0. The number of nitrogens with zero attached hydrogens (tertiary/aromatic N) is 2. The first-order valence-corrected chi connectivity index (χ1v) is 16.6. The maximum atomic E-state index is 6.34. The summed E-state index contributed by atoms with van der Waals surface area (Å²) in [5, 5.41) is 5.68. The molecule has 3 nitrogen and oxygen atoms in total. The lowest BCUT2D eigenvalue weighted by Crippen LogP contribution is -2.14. The highest BCUT2D eigenvalue weighted by atomic mass is 32.2. The van der Waals surface area contributed by atoms with Gasteiger partial charge in [-0.2, -0.15) is 0 Å². The number of benzene rings is 7. The first-order chi connectivity index (χ1) is 23.3. The largest absolute Gasteiger partial charge is 0.456 e. The number of rotatable bonds is 3. The molecule has 3 heterocycles. The average molecular weight is 619 g/mol. The molecule has 10 rings (SSSR count). The van der Waals surface area contributed by atoms with E-state index < -0.39 is 0 Å². The van der Waals surface area contributed by atoms with Crippen molar-refractivity contribution in [2.45, 2.75) is 9.79 Å². The Morgan fingerprint density at radius 3 is 1.98 bits per heavy atom. The zero-order valence-electron chi connectivity index (χ0n) is 25.2. The van der Waals surface area contributed by atoms with Gasteiger partial charge in [0, 0.05) is 48.0 Å². The van der Waals surface area contributed by atoms with Gasteiger partial charge in [-0.25, -0.2) is 4.98 Å². The summed E-state index contributed by atoms with van der Waals surface area (Å²) in [4.78, 5) is 10.2. The van der Waals surface area contributed by atoms with Gasteiger partial charge in [0.2, 0.25) is 0 Å². The minimum atomic E-state index is 0.891. The molecule has 7 aromatic carbocycles. The lowest BCUT2D eigenvalue weighted by atomic mass is 9.94. The molecule has 0 saturated carbocycles. The number of anilines is 3. The number of aromatic nitrogens is 1. The van der Waals surface area contributed by atoms with Crippen LogP contribution in [-0.2, 0) is 0 Å². The van der Waals surface area contributed by atoms with Crippen molar-refractivity contribution < 1.29 is 4.42 Å². The number of furan rings is 1. The topological polar surface area (TPSA) is 29.3 Å². The molecule has 0 aliphatic carbocycles. The molecule has 0 radical (unpaired) electrons. The fraction of sp³-hybridized carbons (Fsp3) is 0. The van der Waals surface area contributed by atoms with Crippen molar-refractivity contribution >= 4 is 72.4 Å². The SMILES string of the molecule is c1ccc(-c2nc3cc(-c4cccc(N5c6ccccc6Sc6ccccc65)c4)ccc3c3c2ccc2oc4ccccc4c23)cc1. The predicted octanol–water partition coefficient (Wildman–Crippen LogP) is 12.6. The van der Waals surface area contributed by atoms with Gasteiger partial charge in [-0.1, -0.05) is 109 Å². The van der Waals surface area contributed by atoms with Gasteiger partial charge >= 0.3 is 0 Å². The van der Waals surface area contributed by atoms with E-state index in [1.165, 1.54) is 26.6 Å². The number of para-hydroxylation sites is 3. The summed E-state index contributed by atoms with van der Waals surface area (Å²) in [5.74, 6) is 0. The molecule has 4 heteroatoms. The molecule has 0 fully saturated rings. The van der Waals surface area contributed by atoms with E-state index in [1.54, 1.807) is 0 Å². The zero-order chi connectivity index (χ0) is 30.9. The molecule has 1 aliphatic rings. The molecule has 0 unspecified atom stereocenters. The maximum absolute atomic E-state index is 6.34. The van der Waals surface area contributed by atoms with Crippen LogP contribution in [0.25, 0.3) is 66.0 Å². The van der Waals surface area contributed by atoms with Crippen molar-refractivity contribution in [3.05, 3.63) is 158 Å². The molecule has 0 bridgehead atoms. The summed E-state index contributed by atoms with van der Waals surface area (Å²) in [6, 6.07) is 55.9. The number of fused-ring (bicyclic) bond motifs is 9. The Hall–Kier alpha value is -5.84. The van der Waals surface area contributed by atoms with Gasteiger partial charge in [0.1, 0.15) is 11.2 Å². The summed E-state index contributed by atoms with van der Waals surface area (Å²) in [6.45, 7) is 0. The third-order valence-corrected chi connectivity index (χ3v) is 10.3. The van der Waals surface area contributed by atoms with Crippen LogP contribution in [-0.4, -0.2) is 4.98 Å². The fourth-order valence-corrected chi connectivity index (χ4v) is 8.17. The van der Waals surface area contributed by atoms with Crippen molar-refractivity contribution in [3.8, 4) is 22.4 Å². The average Bonchev–Trinajstić information content (AvgIpc) is 3.52. The summed E-state index contributed by atoms with van der Waals surface area (Å²) >= 11 is 1.83. The van der Waals surface area contributed by atoms with Crippen molar-refractivity contribution in [2.75, 3.05) is 4.90 Å². The summed E-state index contributed by atoms with van der Waals surface area (Å²) in [5.41, 5.74) is 10.6. The Kier molecular flexibility index (Phi) is 5.81. The van der Waals surface area contributed by atoms with E-state index in [9.17, 15) is 0 Å². The fourth-order valence-electron chi connectivity index (χ4n) is 7.11. The molecular weight excluding hydrogens is 593 g/mol. The summed E-state index contributed by atoms with van der Waals surface area (Å²) in [7, 11) is 0. The van der Waals surface area contributed by atoms with Crippen molar-refractivity contribution in [1.29, 1.82) is 0 Å². The number of hydrogen-bond donors (Lipinski definition) is 0. The third-order valence-electron chi connectivity index (χ3n) is 9.22. The second kappa shape index (κ2) is 10.3. The van der Waals surface area contributed by atoms with Crippen LogP contribution in [0.2, 0.25) is 0 Å². The molecule has 0 spiro atoms. The van der Waals surface area contributed by atoms with E-state index >= 15 is 0 Å². The first kappa shape index (κ1) is 26.4. The van der Waals surface area contributed by atoms with Crippen LogP contribution < -0.4 is 4.90 Å². The van der Waals surface area contributed by atoms with Crippen LogP contribution in [0.5, 0.6) is 0 Å². The molecule has 0 N–H and O–H groups in total. The molecule has 1 aliphatic heterocycles. The molecule has 0 saturated heterocycles. The van der Waals surface area contributed by atoms with Gasteiger partial charge in [0.05, 0.1) is 22.6 Å². The van der Waals surface area contributed by atoms with E-state index in [0.29, 0.717) is 0 Å². The van der Waals surface area contributed by atoms with Crippen LogP contribution in [0.1, 0.15) is 0 Å². The van der Waals surface area contributed by atoms with Crippen LogP contribution >= 0.6 is 11.8 Å². The van der Waals surface area contributed by atoms with Crippen molar-refractivity contribution in [3.63, 3.8) is 0 Å². The van der Waals surface area contributed by atoms with Gasteiger partial charge in [-0.05, 0) is 71.8 Å². The van der Waals surface area contributed by atoms with Crippen LogP contribution in [0, 0.1) is 0 Å². The second-order valence-electron chi connectivity index (χ2n) is 11.9. The van der Waals surface area contributed by atoms with Gasteiger partial charge < -0.3 is 9.32 Å². The Labute approximate surface area is 275 Å². The van der Waals surface area contributed by atoms with E-state index in [-0.39, 0.29) is 0 Å². The molecule has 2 aromatic heterocycles. The maximum Gasteiger partial charge on any atom is 0.136 e. The smallest absolute Gasteiger partial charge is 0.136 e. The van der Waals surface area contributed by atoms with Crippen molar-refractivity contribution in [2.24, 2.45) is 0 Å². The molecule has 9 aromatic rings. The molecule has 0 amide bonds. The van der Waals surface area contributed by atoms with E-state index in [2.05, 4.69) is 150 Å². The van der Waals surface area contributed by atoms with E-state index in [0.717, 1.165) is 66.3 Å². The first-order valence-electron chi connectivity index (χ1n) is 15.8. The quantitative estimate of drug-likeness (QED) is 0.184. The van der Waals surface area contributed by atoms with Crippen LogP contribution in [0.15, 0.2) is 172 Å². The Morgan fingerprint density at radius 2 is 1.15 bits per heavy atom. The van der Waals surface area contributed by atoms with Crippen LogP contribution in [0.4, 0.5) is 17.1 Å². The van der Waals surface area contributed by atoms with Gasteiger partial charge in [-0.15, -0.1) is 0 Å². The molecule has 47 heavy (non-hydrogen) atoms. The summed E-state index contributed by atoms with van der Waals surface area (Å²) < 4.78 is 6.34. The predicted molar refractivity (Wildman–Crippen MR) is 196 cm³/mol. The molecule has 220 valence electrons. The number of pyridine rings is 1. The second-order valence-corrected chi connectivity index (χ2v) is 13.0. The normalized spacial score (nSPS) is 12.6. The molecular formula is C43H26N2OS. The third kappa shape index (κ3) is 4.12. The highest BCUT2D eigenvalue weighted by molar-refractivity contribution is 7.99. The minimum Gasteiger partial charge on any atom is -0.456 e. The van der Waals surface area contributed by atoms with Crippen LogP contribution in [0.3, 0.4) is 0 Å². The van der Waals surface area contributed by atoms with Gasteiger partial charge in [0.15, 0.2) is 0 Å². The van der Waals surface area contributed by atoms with Gasteiger partial charge in [-0.3, -0.25) is 0 Å². The Balaban J connectivity index is 1.20. The zero-order valence-corrected chi connectivity index (χ0v) is 26.0. The number of hydrogen-bond acceptors (Lipinski definition) is 4. The van der Waals surface area contributed by atoms with E-state index in [4.69, 9.17) is 9.40 Å². The Morgan fingerprint density at radius 1 is 0.468 bits per heavy atom. The highest BCUT2D eigenvalue weighted by Crippen LogP contribution is 2.51. The minimum absolute atomic E-state index is 0.891. The highest BCUT2D eigenvalue weighted by Gasteiger charge is 2.24. The molecule has 0 atom stereocenters. The Bertz CT molecular complexity index is 2630. The van der Waals surface area contributed by atoms with Crippen molar-refractivity contribution in [1.82, 2.24) is 4.98 Å².